The summed E-state index contributed by atoms with van der Waals surface area (Å²) in [6.45, 7) is 2.09. The molecule has 1 amide bonds. The van der Waals surface area contributed by atoms with E-state index in [1.807, 2.05) is 66.1 Å². The number of carbonyl (C=O) groups is 2. The molecular weight excluding hydrogens is 452 g/mol. The van der Waals surface area contributed by atoms with Crippen molar-refractivity contribution < 1.29 is 14.3 Å². The lowest BCUT2D eigenvalue weighted by atomic mass is 9.99. The molecule has 0 saturated carbocycles. The number of hydrogen-bond donors (Lipinski definition) is 1. The van der Waals surface area contributed by atoms with Crippen LogP contribution < -0.4 is 5.32 Å². The quantitative estimate of drug-likeness (QED) is 0.245. The van der Waals surface area contributed by atoms with Crippen LogP contribution in [0.15, 0.2) is 77.5 Å². The Morgan fingerprint density at radius 2 is 1.73 bits per heavy atom. The van der Waals surface area contributed by atoms with E-state index in [9.17, 15) is 9.59 Å². The first-order chi connectivity index (χ1) is 16.1. The Kier molecular flexibility index (Phi) is 7.44. The van der Waals surface area contributed by atoms with Crippen LogP contribution in [0.25, 0.3) is 22.8 Å². The highest BCUT2D eigenvalue weighted by Crippen LogP contribution is 2.27. The molecule has 0 radical (unpaired) electrons. The Morgan fingerprint density at radius 3 is 2.42 bits per heavy atom. The second kappa shape index (κ2) is 10.8. The van der Waals surface area contributed by atoms with Gasteiger partial charge in [0, 0.05) is 15.8 Å². The van der Waals surface area contributed by atoms with E-state index in [2.05, 4.69) is 22.4 Å². The fourth-order valence-corrected chi connectivity index (χ4v) is 4.60. The molecule has 0 bridgehead atoms. The standard InChI is InChI=1S/C26H22N2O3S2/c1-2-31-24(29)15-21-17-33-26(27-21)28-25(30)23(16-22-9-6-14-32-22)20-12-10-19(11-13-20)18-7-4-3-5-8-18/h3-14,16-17H,2,15H2,1H3,(H,27,28,30)/b23-16+. The summed E-state index contributed by atoms with van der Waals surface area (Å²) in [6, 6.07) is 22.0. The number of carbonyl (C=O) groups excluding carboxylic acids is 2. The number of aromatic nitrogens is 1. The SMILES string of the molecule is CCOC(=O)Cc1csc(NC(=O)/C(=C/c2cccs2)c2ccc(-c3ccccc3)cc2)n1. The van der Waals surface area contributed by atoms with E-state index >= 15 is 0 Å². The van der Waals surface area contributed by atoms with Gasteiger partial charge in [0.2, 0.25) is 0 Å². The number of rotatable bonds is 8. The summed E-state index contributed by atoms with van der Waals surface area (Å²) in [4.78, 5) is 30.3. The first-order valence-corrected chi connectivity index (χ1v) is 12.2. The summed E-state index contributed by atoms with van der Waals surface area (Å²) < 4.78 is 4.96. The monoisotopic (exact) mass is 474 g/mol. The molecule has 0 atom stereocenters. The van der Waals surface area contributed by atoms with Crippen LogP contribution in [0, 0.1) is 0 Å². The maximum atomic E-state index is 13.2. The van der Waals surface area contributed by atoms with Crippen molar-refractivity contribution in [2.45, 2.75) is 13.3 Å². The molecule has 0 unspecified atom stereocenters. The predicted molar refractivity (Wildman–Crippen MR) is 135 cm³/mol. The van der Waals surface area contributed by atoms with Crippen LogP contribution in [0.2, 0.25) is 0 Å². The van der Waals surface area contributed by atoms with Gasteiger partial charge in [0.15, 0.2) is 5.13 Å². The number of ether oxygens (including phenoxy) is 1. The van der Waals surface area contributed by atoms with Crippen LogP contribution in [0.4, 0.5) is 5.13 Å². The number of amides is 1. The minimum atomic E-state index is -0.336. The molecule has 0 spiro atoms. The third-order valence-electron chi connectivity index (χ3n) is 4.78. The normalized spacial score (nSPS) is 11.2. The number of thiazole rings is 1. The molecule has 5 nitrogen and oxygen atoms in total. The molecule has 2 heterocycles. The van der Waals surface area contributed by atoms with Crippen molar-refractivity contribution in [3.63, 3.8) is 0 Å². The summed E-state index contributed by atoms with van der Waals surface area (Å²) in [5, 5.41) is 7.05. The minimum absolute atomic E-state index is 0.0824. The fraction of sp³-hybridized carbons (Fsp3) is 0.115. The van der Waals surface area contributed by atoms with Gasteiger partial charge in [0.05, 0.1) is 18.7 Å². The second-order valence-electron chi connectivity index (χ2n) is 7.10. The molecule has 4 rings (SSSR count). The van der Waals surface area contributed by atoms with Crippen molar-refractivity contribution in [3.8, 4) is 11.1 Å². The van der Waals surface area contributed by atoms with Gasteiger partial charge in [0.1, 0.15) is 0 Å². The Balaban J connectivity index is 1.56. The van der Waals surface area contributed by atoms with E-state index in [0.29, 0.717) is 23.0 Å². The van der Waals surface area contributed by atoms with Gasteiger partial charge in [-0.3, -0.25) is 14.9 Å². The predicted octanol–water partition coefficient (Wildman–Crippen LogP) is 6.16. The molecule has 4 aromatic rings. The molecule has 1 N–H and O–H groups in total. The van der Waals surface area contributed by atoms with Crippen molar-refractivity contribution in [1.82, 2.24) is 4.98 Å². The topological polar surface area (TPSA) is 68.3 Å². The molecule has 2 aromatic carbocycles. The number of anilines is 1. The van der Waals surface area contributed by atoms with Crippen LogP contribution in [-0.2, 0) is 20.7 Å². The van der Waals surface area contributed by atoms with Crippen molar-refractivity contribution in [2.75, 3.05) is 11.9 Å². The van der Waals surface area contributed by atoms with Crippen molar-refractivity contribution in [3.05, 3.63) is 93.6 Å². The summed E-state index contributed by atoms with van der Waals surface area (Å²) in [5.74, 6) is -0.592. The average molecular weight is 475 g/mol. The molecule has 33 heavy (non-hydrogen) atoms. The highest BCUT2D eigenvalue weighted by atomic mass is 32.1. The molecule has 0 aliphatic heterocycles. The van der Waals surface area contributed by atoms with E-state index in [-0.39, 0.29) is 18.3 Å². The third kappa shape index (κ3) is 6.03. The molecular formula is C26H22N2O3S2. The lowest BCUT2D eigenvalue weighted by Crippen LogP contribution is -2.14. The van der Waals surface area contributed by atoms with Gasteiger partial charge in [-0.25, -0.2) is 4.98 Å². The van der Waals surface area contributed by atoms with Crippen molar-refractivity contribution in [1.29, 1.82) is 0 Å². The molecule has 7 heteroatoms. The van der Waals surface area contributed by atoms with Gasteiger partial charge in [0.25, 0.3) is 5.91 Å². The Labute approximate surface area is 200 Å². The highest BCUT2D eigenvalue weighted by Gasteiger charge is 2.16. The zero-order chi connectivity index (χ0) is 23.0. The van der Waals surface area contributed by atoms with Gasteiger partial charge in [-0.15, -0.1) is 22.7 Å². The number of esters is 1. The Morgan fingerprint density at radius 1 is 0.970 bits per heavy atom. The van der Waals surface area contributed by atoms with Gasteiger partial charge >= 0.3 is 5.97 Å². The van der Waals surface area contributed by atoms with E-state index in [4.69, 9.17) is 4.74 Å². The minimum Gasteiger partial charge on any atom is -0.466 e. The molecule has 0 aliphatic carbocycles. The molecule has 2 aromatic heterocycles. The number of hydrogen-bond acceptors (Lipinski definition) is 6. The second-order valence-corrected chi connectivity index (χ2v) is 8.93. The van der Waals surface area contributed by atoms with Crippen LogP contribution in [-0.4, -0.2) is 23.5 Å². The summed E-state index contributed by atoms with van der Waals surface area (Å²) >= 11 is 2.85. The van der Waals surface area contributed by atoms with Gasteiger partial charge < -0.3 is 4.74 Å². The number of benzene rings is 2. The summed E-state index contributed by atoms with van der Waals surface area (Å²) in [7, 11) is 0. The van der Waals surface area contributed by atoms with Crippen molar-refractivity contribution >= 4 is 51.3 Å². The first kappa shape index (κ1) is 22.6. The van der Waals surface area contributed by atoms with E-state index < -0.39 is 0 Å². The molecule has 0 fully saturated rings. The Bertz CT molecular complexity index is 1240. The summed E-state index contributed by atoms with van der Waals surface area (Å²) in [5.41, 5.74) is 4.13. The smallest absolute Gasteiger partial charge is 0.311 e. The number of thiophene rings is 1. The number of nitrogens with zero attached hydrogens (tertiary/aromatic N) is 1. The molecule has 0 aliphatic rings. The first-order valence-electron chi connectivity index (χ1n) is 10.4. The van der Waals surface area contributed by atoms with Gasteiger partial charge in [-0.1, -0.05) is 60.7 Å². The zero-order valence-electron chi connectivity index (χ0n) is 18.0. The van der Waals surface area contributed by atoms with E-state index in [1.165, 1.54) is 11.3 Å². The van der Waals surface area contributed by atoms with Gasteiger partial charge in [-0.05, 0) is 41.1 Å². The lowest BCUT2D eigenvalue weighted by molar-refractivity contribution is -0.142. The van der Waals surface area contributed by atoms with Gasteiger partial charge in [-0.2, -0.15) is 0 Å². The van der Waals surface area contributed by atoms with Crippen LogP contribution >= 0.6 is 22.7 Å². The van der Waals surface area contributed by atoms with Crippen LogP contribution in [0.1, 0.15) is 23.1 Å². The fourth-order valence-electron chi connectivity index (χ4n) is 3.24. The third-order valence-corrected chi connectivity index (χ3v) is 6.41. The molecule has 0 saturated heterocycles. The summed E-state index contributed by atoms with van der Waals surface area (Å²) in [6.07, 6.45) is 1.96. The van der Waals surface area contributed by atoms with Crippen molar-refractivity contribution in [2.24, 2.45) is 0 Å². The lowest BCUT2D eigenvalue weighted by Gasteiger charge is -2.09. The van der Waals surface area contributed by atoms with Crippen LogP contribution in [0.3, 0.4) is 0 Å². The highest BCUT2D eigenvalue weighted by molar-refractivity contribution is 7.14. The van der Waals surface area contributed by atoms with E-state index in [1.54, 1.807) is 23.6 Å². The van der Waals surface area contributed by atoms with E-state index in [0.717, 1.165) is 21.6 Å². The maximum absolute atomic E-state index is 13.2. The number of nitrogens with one attached hydrogen (secondary N) is 1. The van der Waals surface area contributed by atoms with Crippen LogP contribution in [0.5, 0.6) is 0 Å². The largest absolute Gasteiger partial charge is 0.466 e. The Hall–Kier alpha value is -3.55. The maximum Gasteiger partial charge on any atom is 0.311 e. The average Bonchev–Trinajstić information content (AvgIpc) is 3.50. The zero-order valence-corrected chi connectivity index (χ0v) is 19.6. The molecule has 166 valence electrons.